The Kier molecular flexibility index (Phi) is 16.3. The molecule has 2 unspecified atom stereocenters. The Morgan fingerprint density at radius 2 is 1.06 bits per heavy atom. The molecule has 63 heavy (non-hydrogen) atoms. The molecule has 2 aliphatic rings. The summed E-state index contributed by atoms with van der Waals surface area (Å²) in [4.78, 5) is 110. The van der Waals surface area contributed by atoms with Crippen molar-refractivity contribution in [2.45, 2.75) is 109 Å². The summed E-state index contributed by atoms with van der Waals surface area (Å²) in [7, 11) is 0. The van der Waals surface area contributed by atoms with E-state index < -0.39 is 47.4 Å². The summed E-state index contributed by atoms with van der Waals surface area (Å²) in [5.41, 5.74) is 1.67. The maximum Gasteiger partial charge on any atom is 0.340 e. The summed E-state index contributed by atoms with van der Waals surface area (Å²) in [5, 5.41) is 28.3. The Labute approximate surface area is 363 Å². The van der Waals surface area contributed by atoms with Crippen molar-refractivity contribution in [3.05, 3.63) is 94.0 Å². The molecule has 2 aliphatic heterocycles. The maximum absolute atomic E-state index is 13.7. The van der Waals surface area contributed by atoms with E-state index in [4.69, 9.17) is 19.7 Å². The van der Waals surface area contributed by atoms with Gasteiger partial charge in [-0.1, -0.05) is 42.5 Å². The van der Waals surface area contributed by atoms with E-state index in [1.165, 1.54) is 13.8 Å². The Hall–Kier alpha value is -6.91. The third-order valence-corrected chi connectivity index (χ3v) is 10.7. The number of benzene rings is 3. The average molecular weight is 869 g/mol. The molecule has 3 aromatic rings. The van der Waals surface area contributed by atoms with Gasteiger partial charge in [0.1, 0.15) is 11.5 Å². The topological polar surface area (TPSA) is 261 Å². The molecule has 5 rings (SSSR count). The van der Waals surface area contributed by atoms with Crippen LogP contribution in [0.15, 0.2) is 60.7 Å². The number of carboxylic acid groups (broad SMARTS) is 2. The van der Waals surface area contributed by atoms with Crippen LogP contribution in [0, 0.1) is 0 Å². The van der Waals surface area contributed by atoms with Gasteiger partial charge in [0.15, 0.2) is 17.2 Å². The Morgan fingerprint density at radius 3 is 1.51 bits per heavy atom. The summed E-state index contributed by atoms with van der Waals surface area (Å²) >= 11 is 0. The zero-order chi connectivity index (χ0) is 45.7. The van der Waals surface area contributed by atoms with Gasteiger partial charge in [0.25, 0.3) is 0 Å². The first-order valence-electron chi connectivity index (χ1n) is 20.9. The molecule has 17 nitrogen and oxygen atoms in total. The fourth-order valence-corrected chi connectivity index (χ4v) is 7.77. The number of ether oxygens (including phenoxy) is 2. The van der Waals surface area contributed by atoms with E-state index in [9.17, 15) is 43.2 Å². The van der Waals surface area contributed by atoms with Crippen molar-refractivity contribution in [1.82, 2.24) is 21.3 Å². The van der Waals surface area contributed by atoms with Crippen molar-refractivity contribution >= 4 is 53.1 Å². The number of ketones is 2. The van der Waals surface area contributed by atoms with E-state index in [1.807, 2.05) is 0 Å². The summed E-state index contributed by atoms with van der Waals surface area (Å²) in [5.74, 6) is -4.16. The number of amides is 4. The van der Waals surface area contributed by atoms with Gasteiger partial charge in [0.05, 0.1) is 30.5 Å². The van der Waals surface area contributed by atoms with Crippen molar-refractivity contribution in [3.63, 3.8) is 0 Å². The number of rotatable bonds is 24. The van der Waals surface area contributed by atoms with Gasteiger partial charge < -0.3 is 41.0 Å². The second kappa shape index (κ2) is 21.7. The number of hydrogen-bond acceptors (Lipinski definition) is 11. The average Bonchev–Trinajstić information content (AvgIpc) is 3.52. The number of fused-ring (bicyclic) bond motifs is 6. The number of carboxylic acids is 2. The van der Waals surface area contributed by atoms with Crippen molar-refractivity contribution in [3.8, 4) is 11.5 Å². The highest BCUT2D eigenvalue weighted by Gasteiger charge is 2.53. The van der Waals surface area contributed by atoms with Crippen molar-refractivity contribution in [2.75, 3.05) is 13.1 Å². The number of Topliss-reactive ketones (excluding diaryl/α,β-unsaturated/α-hetero) is 2. The molecule has 0 saturated carbocycles. The molecular formula is C46H52N4O13. The lowest BCUT2D eigenvalue weighted by atomic mass is 9.77. The normalized spacial score (nSPS) is 15.3. The molecule has 3 aromatic carbocycles. The maximum atomic E-state index is 13.7. The molecule has 0 aromatic heterocycles. The van der Waals surface area contributed by atoms with Crippen molar-refractivity contribution < 1.29 is 62.8 Å². The molecule has 17 heteroatoms. The van der Waals surface area contributed by atoms with E-state index in [0.29, 0.717) is 83.4 Å². The van der Waals surface area contributed by atoms with Crippen LogP contribution in [-0.4, -0.2) is 88.5 Å². The Morgan fingerprint density at radius 1 is 0.603 bits per heavy atom. The van der Waals surface area contributed by atoms with Crippen LogP contribution in [0.2, 0.25) is 0 Å². The minimum atomic E-state index is -1.43. The molecule has 0 aliphatic carbocycles. The summed E-state index contributed by atoms with van der Waals surface area (Å²) in [6.07, 6.45) is 1.58. The zero-order valence-electron chi connectivity index (χ0n) is 35.2. The highest BCUT2D eigenvalue weighted by Crippen LogP contribution is 2.56. The van der Waals surface area contributed by atoms with Crippen LogP contribution in [0.4, 0.5) is 0 Å². The van der Waals surface area contributed by atoms with E-state index in [2.05, 4.69) is 21.3 Å². The first kappa shape index (κ1) is 47.1. The van der Waals surface area contributed by atoms with Crippen LogP contribution in [-0.2, 0) is 61.5 Å². The summed E-state index contributed by atoms with van der Waals surface area (Å²) in [6, 6.07) is 15.7. The fraction of sp³-hybridized carbons (Fsp3) is 0.413. The number of carbonyl (C=O) groups is 9. The Balaban J connectivity index is 1.33. The number of esters is 1. The molecule has 0 fully saturated rings. The van der Waals surface area contributed by atoms with Gasteiger partial charge >= 0.3 is 17.9 Å². The van der Waals surface area contributed by atoms with Gasteiger partial charge in [-0.25, -0.2) is 4.79 Å². The molecule has 334 valence electrons. The molecule has 0 radical (unpaired) electrons. The molecule has 6 N–H and O–H groups in total. The number of aliphatic carboxylic acids is 2. The van der Waals surface area contributed by atoms with E-state index in [1.54, 1.807) is 60.7 Å². The molecule has 1 spiro atoms. The lowest BCUT2D eigenvalue weighted by Crippen LogP contribution is -2.40. The van der Waals surface area contributed by atoms with Gasteiger partial charge in [-0.2, -0.15) is 0 Å². The highest BCUT2D eigenvalue weighted by molar-refractivity contribution is 5.97. The minimum absolute atomic E-state index is 0.0834. The first-order valence-corrected chi connectivity index (χ1v) is 20.9. The van der Waals surface area contributed by atoms with Gasteiger partial charge in [0.2, 0.25) is 23.6 Å². The first-order chi connectivity index (χ1) is 30.1. The lowest BCUT2D eigenvalue weighted by Gasteiger charge is -2.37. The SMILES string of the molecule is CC(=O)NC(CCCCNC(=O)CCC(=O)O)C(=O)Cc1ccc2c(c1)Oc1cc(CC(=O)C(CCCCNC(=O)CCC(=O)O)NC(C)=O)ccc1C21OC(=O)c2ccccc21. The summed E-state index contributed by atoms with van der Waals surface area (Å²) < 4.78 is 12.8. The number of hydrogen-bond donors (Lipinski definition) is 6. The van der Waals surface area contributed by atoms with E-state index >= 15 is 0 Å². The molecule has 2 heterocycles. The van der Waals surface area contributed by atoms with Crippen LogP contribution in [0.1, 0.15) is 116 Å². The third-order valence-electron chi connectivity index (χ3n) is 10.7. The highest BCUT2D eigenvalue weighted by atomic mass is 16.6. The van der Waals surface area contributed by atoms with Crippen molar-refractivity contribution in [2.24, 2.45) is 0 Å². The van der Waals surface area contributed by atoms with Gasteiger partial charge in [-0.3, -0.25) is 38.4 Å². The number of unbranched alkanes of at least 4 members (excludes halogenated alkanes) is 2. The predicted octanol–water partition coefficient (Wildman–Crippen LogP) is 3.79. The monoisotopic (exact) mass is 868 g/mol. The molecule has 4 amide bonds. The third kappa shape index (κ3) is 12.6. The zero-order valence-corrected chi connectivity index (χ0v) is 35.2. The number of nitrogens with one attached hydrogen (secondary N) is 4. The number of carbonyl (C=O) groups excluding carboxylic acids is 7. The van der Waals surface area contributed by atoms with E-state index in [0.717, 1.165) is 0 Å². The second-order valence-corrected chi connectivity index (χ2v) is 15.7. The van der Waals surface area contributed by atoms with Crippen LogP contribution >= 0.6 is 0 Å². The standard InChI is InChI=1S/C46H52N4O13/c1-27(51)49-35(11-5-7-21-47-41(55)17-19-43(57)58)37(53)23-29-13-15-33-39(25-29)62-40-26-30(14-16-34(40)46(33)32-10-4-3-9-31(32)45(61)63-46)24-38(54)36(50-28(2)52)12-6-8-22-48-42(56)18-20-44(59)60/h3-4,9-10,13-16,25-26,35-36H,5-8,11-12,17-24H2,1-2H3,(H,47,55)(H,48,56)(H,49,51)(H,50,52)(H,57,58)(H,59,60). The van der Waals surface area contributed by atoms with Gasteiger partial charge in [0, 0.05) is 69.3 Å². The predicted molar refractivity (Wildman–Crippen MR) is 225 cm³/mol. The molecule has 0 saturated heterocycles. The fourth-order valence-electron chi connectivity index (χ4n) is 7.77. The quantitative estimate of drug-likeness (QED) is 0.0554. The molecular weight excluding hydrogens is 817 g/mol. The van der Waals surface area contributed by atoms with Crippen LogP contribution in [0.5, 0.6) is 11.5 Å². The van der Waals surface area contributed by atoms with Crippen LogP contribution < -0.4 is 26.0 Å². The van der Waals surface area contributed by atoms with Gasteiger partial charge in [-0.05, 0) is 67.9 Å². The summed E-state index contributed by atoms with van der Waals surface area (Å²) in [6.45, 7) is 3.20. The van der Waals surface area contributed by atoms with Crippen molar-refractivity contribution in [1.29, 1.82) is 0 Å². The lowest BCUT2D eigenvalue weighted by molar-refractivity contribution is -0.139. The van der Waals surface area contributed by atoms with Gasteiger partial charge in [-0.15, -0.1) is 0 Å². The minimum Gasteiger partial charge on any atom is -0.481 e. The second-order valence-electron chi connectivity index (χ2n) is 15.7. The smallest absolute Gasteiger partial charge is 0.340 e. The van der Waals surface area contributed by atoms with Crippen LogP contribution in [0.25, 0.3) is 0 Å². The molecule has 0 bridgehead atoms. The van der Waals surface area contributed by atoms with Crippen LogP contribution in [0.3, 0.4) is 0 Å². The molecule has 2 atom stereocenters. The largest absolute Gasteiger partial charge is 0.481 e. The van der Waals surface area contributed by atoms with E-state index in [-0.39, 0.29) is 75.0 Å². The Bertz CT molecular complexity index is 2150.